The van der Waals surface area contributed by atoms with Gasteiger partial charge in [-0.05, 0) is 44.4 Å². The van der Waals surface area contributed by atoms with Crippen LogP contribution in [0, 0.1) is 0 Å². The molecular formula is C13H19NO2S. The van der Waals surface area contributed by atoms with Crippen LogP contribution in [0.3, 0.4) is 0 Å². The molecule has 1 aromatic carbocycles. The van der Waals surface area contributed by atoms with Crippen LogP contribution < -0.4 is 4.90 Å². The van der Waals surface area contributed by atoms with Crippen LogP contribution in [0.4, 0.5) is 5.69 Å². The molecule has 3 nitrogen and oxygen atoms in total. The van der Waals surface area contributed by atoms with Gasteiger partial charge in [-0.1, -0.05) is 0 Å². The van der Waals surface area contributed by atoms with Crippen LogP contribution >= 0.6 is 11.8 Å². The maximum Gasteiger partial charge on any atom is 0.331 e. The summed E-state index contributed by atoms with van der Waals surface area (Å²) in [5.74, 6) is -0.242. The minimum absolute atomic E-state index is 0.242. The largest absolute Gasteiger partial charge is 0.467 e. The van der Waals surface area contributed by atoms with Gasteiger partial charge in [-0.15, -0.1) is 11.8 Å². The first-order chi connectivity index (χ1) is 7.93. The van der Waals surface area contributed by atoms with Crippen LogP contribution in [0.2, 0.25) is 0 Å². The van der Waals surface area contributed by atoms with Crippen LogP contribution in [-0.2, 0) is 9.53 Å². The van der Waals surface area contributed by atoms with Crippen molar-refractivity contribution in [3.05, 3.63) is 24.3 Å². The average molecular weight is 253 g/mol. The molecule has 1 aromatic rings. The number of methoxy groups -OCH3 is 1. The Kier molecular flexibility index (Phi) is 4.46. The second-order valence-electron chi connectivity index (χ2n) is 4.31. The third-order valence-corrected chi connectivity index (χ3v) is 3.73. The van der Waals surface area contributed by atoms with Gasteiger partial charge in [0.1, 0.15) is 5.54 Å². The van der Waals surface area contributed by atoms with E-state index >= 15 is 0 Å². The zero-order valence-electron chi connectivity index (χ0n) is 11.0. The highest BCUT2D eigenvalue weighted by atomic mass is 32.2. The monoisotopic (exact) mass is 253 g/mol. The number of ether oxygens (including phenoxy) is 1. The molecule has 0 heterocycles. The molecule has 0 aromatic heterocycles. The van der Waals surface area contributed by atoms with E-state index < -0.39 is 5.54 Å². The van der Waals surface area contributed by atoms with Crippen LogP contribution in [0.15, 0.2) is 29.2 Å². The quantitative estimate of drug-likeness (QED) is 0.609. The van der Waals surface area contributed by atoms with E-state index in [0.29, 0.717) is 0 Å². The van der Waals surface area contributed by atoms with Crippen molar-refractivity contribution in [1.82, 2.24) is 0 Å². The molecule has 0 unspecified atom stereocenters. The van der Waals surface area contributed by atoms with Crippen molar-refractivity contribution in [3.8, 4) is 0 Å². The van der Waals surface area contributed by atoms with Crippen molar-refractivity contribution in [2.45, 2.75) is 24.3 Å². The maximum absolute atomic E-state index is 11.7. The Labute approximate surface area is 107 Å². The van der Waals surface area contributed by atoms with Gasteiger partial charge in [-0.25, -0.2) is 4.79 Å². The normalized spacial score (nSPS) is 11.1. The predicted octanol–water partition coefficient (Wildman–Crippen LogP) is 2.80. The molecule has 0 N–H and O–H groups in total. The van der Waals surface area contributed by atoms with Crippen molar-refractivity contribution in [1.29, 1.82) is 0 Å². The number of rotatable bonds is 4. The van der Waals surface area contributed by atoms with Crippen molar-refractivity contribution < 1.29 is 9.53 Å². The summed E-state index contributed by atoms with van der Waals surface area (Å²) in [6, 6.07) is 8.11. The number of hydrogen-bond acceptors (Lipinski definition) is 4. The van der Waals surface area contributed by atoms with Crippen LogP contribution in [0.5, 0.6) is 0 Å². The number of carbonyl (C=O) groups is 1. The van der Waals surface area contributed by atoms with Gasteiger partial charge in [0.2, 0.25) is 0 Å². The summed E-state index contributed by atoms with van der Waals surface area (Å²) in [5, 5.41) is 0. The number of carbonyl (C=O) groups excluding carboxylic acids is 1. The number of nitrogens with zero attached hydrogens (tertiary/aromatic N) is 1. The predicted molar refractivity (Wildman–Crippen MR) is 72.7 cm³/mol. The van der Waals surface area contributed by atoms with Crippen LogP contribution in [0.1, 0.15) is 13.8 Å². The van der Waals surface area contributed by atoms with E-state index in [0.717, 1.165) is 5.69 Å². The van der Waals surface area contributed by atoms with Gasteiger partial charge < -0.3 is 9.64 Å². The summed E-state index contributed by atoms with van der Waals surface area (Å²) >= 11 is 1.70. The highest BCUT2D eigenvalue weighted by Gasteiger charge is 2.33. The number of benzene rings is 1. The summed E-state index contributed by atoms with van der Waals surface area (Å²) in [6.07, 6.45) is 2.04. The minimum atomic E-state index is -0.671. The average Bonchev–Trinajstić information content (AvgIpc) is 2.36. The number of hydrogen-bond donors (Lipinski definition) is 0. The molecule has 0 amide bonds. The van der Waals surface area contributed by atoms with Crippen molar-refractivity contribution in [2.24, 2.45) is 0 Å². The molecule has 0 aliphatic rings. The molecule has 0 saturated heterocycles. The fourth-order valence-corrected chi connectivity index (χ4v) is 1.92. The zero-order valence-corrected chi connectivity index (χ0v) is 11.8. The molecule has 0 fully saturated rings. The fraction of sp³-hybridized carbons (Fsp3) is 0.462. The minimum Gasteiger partial charge on any atom is -0.467 e. The molecular weight excluding hydrogens is 234 g/mol. The summed E-state index contributed by atoms with van der Waals surface area (Å²) in [6.45, 7) is 3.70. The Balaban J connectivity index is 2.95. The van der Waals surface area contributed by atoms with E-state index in [1.165, 1.54) is 12.0 Å². The smallest absolute Gasteiger partial charge is 0.331 e. The summed E-state index contributed by atoms with van der Waals surface area (Å²) in [7, 11) is 3.31. The highest BCUT2D eigenvalue weighted by Crippen LogP contribution is 2.25. The van der Waals surface area contributed by atoms with Gasteiger partial charge in [0.25, 0.3) is 0 Å². The Morgan fingerprint density at radius 3 is 2.24 bits per heavy atom. The van der Waals surface area contributed by atoms with Gasteiger partial charge in [0, 0.05) is 17.6 Å². The lowest BCUT2D eigenvalue weighted by molar-refractivity contribution is -0.145. The molecule has 0 radical (unpaired) electrons. The van der Waals surface area contributed by atoms with E-state index in [1.54, 1.807) is 11.8 Å². The summed E-state index contributed by atoms with van der Waals surface area (Å²) in [4.78, 5) is 14.8. The molecule has 94 valence electrons. The third kappa shape index (κ3) is 2.94. The lowest BCUT2D eigenvalue weighted by atomic mass is 10.0. The Morgan fingerprint density at radius 1 is 1.29 bits per heavy atom. The SMILES string of the molecule is COC(=O)C(C)(C)N(C)c1ccc(SC)cc1. The Hall–Kier alpha value is -1.16. The van der Waals surface area contributed by atoms with Gasteiger partial charge in [-0.3, -0.25) is 0 Å². The number of thioether (sulfide) groups is 1. The molecule has 0 spiro atoms. The maximum atomic E-state index is 11.7. The van der Waals surface area contributed by atoms with Crippen molar-refractivity contribution >= 4 is 23.4 Å². The van der Waals surface area contributed by atoms with E-state index in [9.17, 15) is 4.79 Å². The Morgan fingerprint density at radius 2 is 1.82 bits per heavy atom. The van der Waals surface area contributed by atoms with Crippen LogP contribution in [0.25, 0.3) is 0 Å². The van der Waals surface area contributed by atoms with Gasteiger partial charge >= 0.3 is 5.97 Å². The highest BCUT2D eigenvalue weighted by molar-refractivity contribution is 7.98. The van der Waals surface area contributed by atoms with Crippen LogP contribution in [-0.4, -0.2) is 31.9 Å². The molecule has 0 bridgehead atoms. The van der Waals surface area contributed by atoms with E-state index in [-0.39, 0.29) is 5.97 Å². The number of likely N-dealkylation sites (N-methyl/N-ethyl adjacent to an activating group) is 1. The van der Waals surface area contributed by atoms with Gasteiger partial charge in [-0.2, -0.15) is 0 Å². The number of anilines is 1. The lowest BCUT2D eigenvalue weighted by Gasteiger charge is -2.34. The fourth-order valence-electron chi connectivity index (χ4n) is 1.52. The lowest BCUT2D eigenvalue weighted by Crippen LogP contribution is -2.48. The molecule has 0 aliphatic carbocycles. The molecule has 0 atom stereocenters. The van der Waals surface area contributed by atoms with E-state index in [4.69, 9.17) is 4.74 Å². The topological polar surface area (TPSA) is 29.5 Å². The molecule has 4 heteroatoms. The van der Waals surface area contributed by atoms with E-state index in [1.807, 2.05) is 56.3 Å². The number of esters is 1. The molecule has 1 rings (SSSR count). The Bertz CT molecular complexity index is 387. The third-order valence-electron chi connectivity index (χ3n) is 2.98. The van der Waals surface area contributed by atoms with Crippen molar-refractivity contribution in [2.75, 3.05) is 25.3 Å². The second-order valence-corrected chi connectivity index (χ2v) is 5.19. The summed E-state index contributed by atoms with van der Waals surface area (Å²) in [5.41, 5.74) is 0.327. The molecule has 17 heavy (non-hydrogen) atoms. The van der Waals surface area contributed by atoms with Gasteiger partial charge in [0.15, 0.2) is 0 Å². The molecule has 0 aliphatic heterocycles. The zero-order chi connectivity index (χ0) is 13.1. The van der Waals surface area contributed by atoms with Gasteiger partial charge in [0.05, 0.1) is 7.11 Å². The first kappa shape index (κ1) is 13.9. The second kappa shape index (κ2) is 5.45. The summed E-state index contributed by atoms with van der Waals surface area (Å²) < 4.78 is 4.82. The standard InChI is InChI=1S/C13H19NO2S/c1-13(2,12(15)16-4)14(3)10-6-8-11(17-5)9-7-10/h6-9H,1-5H3. The first-order valence-electron chi connectivity index (χ1n) is 5.39. The van der Waals surface area contributed by atoms with Crippen molar-refractivity contribution in [3.63, 3.8) is 0 Å². The first-order valence-corrected chi connectivity index (χ1v) is 6.62. The van der Waals surface area contributed by atoms with E-state index in [2.05, 4.69) is 0 Å². The molecule has 0 saturated carbocycles.